The summed E-state index contributed by atoms with van der Waals surface area (Å²) in [5.74, 6) is -0.204. The summed E-state index contributed by atoms with van der Waals surface area (Å²) < 4.78 is 14.0. The Morgan fingerprint density at radius 1 is 0.816 bits per heavy atom. The van der Waals surface area contributed by atoms with E-state index in [9.17, 15) is 9.18 Å². The van der Waals surface area contributed by atoms with Crippen LogP contribution in [0.15, 0.2) is 120 Å². The van der Waals surface area contributed by atoms with E-state index in [-0.39, 0.29) is 17.5 Å². The number of hydrogen-bond acceptors (Lipinski definition) is 3. The Kier molecular flexibility index (Phi) is 6.48. The molecule has 1 heterocycles. The number of anilines is 3. The molecule has 0 spiro atoms. The van der Waals surface area contributed by atoms with Gasteiger partial charge in [-0.1, -0.05) is 72.8 Å². The van der Waals surface area contributed by atoms with Gasteiger partial charge in [-0.2, -0.15) is 0 Å². The highest BCUT2D eigenvalue weighted by Crippen LogP contribution is 2.47. The highest BCUT2D eigenvalue weighted by atomic mass is 32.1. The molecule has 0 radical (unpaired) electrons. The fourth-order valence-corrected chi connectivity index (χ4v) is 5.76. The molecule has 0 saturated carbocycles. The lowest BCUT2D eigenvalue weighted by Crippen LogP contribution is -2.40. The van der Waals surface area contributed by atoms with Gasteiger partial charge in [0.1, 0.15) is 5.82 Å². The van der Waals surface area contributed by atoms with Crippen molar-refractivity contribution >= 4 is 40.2 Å². The van der Waals surface area contributed by atoms with E-state index in [1.807, 2.05) is 77.7 Å². The molecule has 2 aliphatic rings. The van der Waals surface area contributed by atoms with Crippen LogP contribution in [-0.2, 0) is 4.79 Å². The van der Waals surface area contributed by atoms with E-state index < -0.39 is 6.04 Å². The third-order valence-corrected chi connectivity index (χ3v) is 7.49. The van der Waals surface area contributed by atoms with Crippen LogP contribution >= 0.6 is 12.2 Å². The molecule has 4 aromatic rings. The van der Waals surface area contributed by atoms with Gasteiger partial charge in [0.25, 0.3) is 0 Å². The number of benzene rings is 4. The summed E-state index contributed by atoms with van der Waals surface area (Å²) in [6, 6.07) is 33.6. The number of ketones is 1. The third-order valence-electron chi connectivity index (χ3n) is 7.19. The van der Waals surface area contributed by atoms with Gasteiger partial charge < -0.3 is 15.5 Å². The maximum Gasteiger partial charge on any atom is 0.178 e. The van der Waals surface area contributed by atoms with Crippen molar-refractivity contribution in [2.75, 3.05) is 15.5 Å². The fraction of sp³-hybridized carbons (Fsp3) is 0.125. The minimum absolute atomic E-state index is 0.0576. The first kappa shape index (κ1) is 24.1. The Labute approximate surface area is 226 Å². The lowest BCUT2D eigenvalue weighted by atomic mass is 9.78. The number of thiocarbonyl (C=S) groups is 1. The molecule has 6 rings (SSSR count). The van der Waals surface area contributed by atoms with Crippen LogP contribution in [0, 0.1) is 5.82 Å². The molecule has 0 bridgehead atoms. The Morgan fingerprint density at radius 2 is 1.47 bits per heavy atom. The first-order chi connectivity index (χ1) is 18.6. The number of nitrogens with zero attached hydrogens (tertiary/aromatic N) is 1. The van der Waals surface area contributed by atoms with Crippen LogP contribution in [0.2, 0.25) is 0 Å². The number of carbonyl (C=O) groups is 1. The van der Waals surface area contributed by atoms with Crippen molar-refractivity contribution in [3.8, 4) is 0 Å². The highest BCUT2D eigenvalue weighted by Gasteiger charge is 2.40. The van der Waals surface area contributed by atoms with Crippen LogP contribution in [0.4, 0.5) is 21.5 Å². The summed E-state index contributed by atoms with van der Waals surface area (Å²) >= 11 is 6.01. The molecule has 4 nitrogen and oxygen atoms in total. The first-order valence-corrected chi connectivity index (χ1v) is 13.1. The fourth-order valence-electron chi connectivity index (χ4n) is 5.44. The highest BCUT2D eigenvalue weighted by molar-refractivity contribution is 7.80. The van der Waals surface area contributed by atoms with Crippen LogP contribution in [0.1, 0.15) is 35.9 Å². The molecule has 0 unspecified atom stereocenters. The average Bonchev–Trinajstić information content (AvgIpc) is 3.09. The maximum atomic E-state index is 14.0. The van der Waals surface area contributed by atoms with Crippen LogP contribution in [0.3, 0.4) is 0 Å². The van der Waals surface area contributed by atoms with Crippen molar-refractivity contribution in [1.82, 2.24) is 0 Å². The van der Waals surface area contributed by atoms with E-state index in [2.05, 4.69) is 22.8 Å². The molecule has 2 N–H and O–H groups in total. The average molecular weight is 520 g/mol. The molecule has 0 aromatic heterocycles. The van der Waals surface area contributed by atoms with Crippen molar-refractivity contribution < 1.29 is 9.18 Å². The number of rotatable bonds is 3. The Bertz CT molecular complexity index is 1520. The standard InChI is InChI=1S/C32H26FN3OS/c33-24-17-15-22(16-18-24)31-30-27(19-23(20-29(30)37)21-9-3-1-4-10-21)35-26-13-7-8-14-28(26)36(31)32(38)34-25-11-5-2-6-12-25/h1-18,23,31,35H,19-20H2,(H,34,38)/t23-,31+/m0/s1. The van der Waals surface area contributed by atoms with Crippen LogP contribution in [0.5, 0.6) is 0 Å². The Hall–Kier alpha value is -4.29. The zero-order valence-corrected chi connectivity index (χ0v) is 21.4. The Balaban J connectivity index is 1.52. The normalized spacial score (nSPS) is 18.7. The molecule has 0 saturated heterocycles. The maximum absolute atomic E-state index is 14.0. The molecule has 6 heteroatoms. The molecule has 1 aliphatic heterocycles. The lowest BCUT2D eigenvalue weighted by Gasteiger charge is -2.36. The zero-order chi connectivity index (χ0) is 26.1. The third kappa shape index (κ3) is 4.59. The summed E-state index contributed by atoms with van der Waals surface area (Å²) in [7, 11) is 0. The molecule has 38 heavy (non-hydrogen) atoms. The predicted octanol–water partition coefficient (Wildman–Crippen LogP) is 7.60. The van der Waals surface area contributed by atoms with Crippen molar-refractivity contribution in [3.63, 3.8) is 0 Å². The van der Waals surface area contributed by atoms with Crippen molar-refractivity contribution in [3.05, 3.63) is 137 Å². The van der Waals surface area contributed by atoms with Gasteiger partial charge in [0.15, 0.2) is 10.9 Å². The minimum atomic E-state index is -0.533. The summed E-state index contributed by atoms with van der Waals surface area (Å²) in [5.41, 5.74) is 6.03. The van der Waals surface area contributed by atoms with E-state index in [1.54, 1.807) is 12.1 Å². The molecular weight excluding hydrogens is 493 g/mol. The van der Waals surface area contributed by atoms with E-state index in [0.717, 1.165) is 33.9 Å². The number of hydrogen-bond donors (Lipinski definition) is 2. The number of carbonyl (C=O) groups excluding carboxylic acids is 1. The van der Waals surface area contributed by atoms with Crippen molar-refractivity contribution in [1.29, 1.82) is 0 Å². The topological polar surface area (TPSA) is 44.4 Å². The van der Waals surface area contributed by atoms with E-state index in [0.29, 0.717) is 23.5 Å². The molecule has 0 fully saturated rings. The SMILES string of the molecule is O=C1C[C@@H](c2ccccc2)CC2=C1[C@@H](c1ccc(F)cc1)N(C(=S)Nc1ccccc1)c1ccccc1N2. The Morgan fingerprint density at radius 3 is 2.21 bits per heavy atom. The number of nitrogens with one attached hydrogen (secondary N) is 2. The molecular formula is C32H26FN3OS. The van der Waals surface area contributed by atoms with Gasteiger partial charge in [0, 0.05) is 23.4 Å². The second-order valence-electron chi connectivity index (χ2n) is 9.59. The number of Topliss-reactive ketones (excluding diaryl/α,β-unsaturated/α-hetero) is 1. The van der Waals surface area contributed by atoms with Crippen LogP contribution in [-0.4, -0.2) is 10.9 Å². The largest absolute Gasteiger partial charge is 0.357 e. The van der Waals surface area contributed by atoms with Crippen molar-refractivity contribution in [2.45, 2.75) is 24.8 Å². The summed E-state index contributed by atoms with van der Waals surface area (Å²) in [6.45, 7) is 0. The minimum Gasteiger partial charge on any atom is -0.357 e. The van der Waals surface area contributed by atoms with E-state index in [4.69, 9.17) is 12.2 Å². The van der Waals surface area contributed by atoms with Gasteiger partial charge >= 0.3 is 0 Å². The quantitative estimate of drug-likeness (QED) is 0.273. The van der Waals surface area contributed by atoms with Gasteiger partial charge in [-0.15, -0.1) is 0 Å². The first-order valence-electron chi connectivity index (χ1n) is 12.7. The second-order valence-corrected chi connectivity index (χ2v) is 9.98. The number of halogens is 1. The van der Waals surface area contributed by atoms with Crippen LogP contribution in [0.25, 0.3) is 0 Å². The van der Waals surface area contributed by atoms with Gasteiger partial charge in [0.2, 0.25) is 0 Å². The lowest BCUT2D eigenvalue weighted by molar-refractivity contribution is -0.116. The van der Waals surface area contributed by atoms with Crippen molar-refractivity contribution in [2.24, 2.45) is 0 Å². The van der Waals surface area contributed by atoms with E-state index in [1.165, 1.54) is 12.1 Å². The number of fused-ring (bicyclic) bond motifs is 1. The smallest absolute Gasteiger partial charge is 0.178 e. The predicted molar refractivity (Wildman–Crippen MR) is 155 cm³/mol. The molecule has 188 valence electrons. The number of allylic oxidation sites excluding steroid dienone is 1. The summed E-state index contributed by atoms with van der Waals surface area (Å²) in [4.78, 5) is 16.0. The van der Waals surface area contributed by atoms with Gasteiger partial charge in [-0.25, -0.2) is 4.39 Å². The zero-order valence-electron chi connectivity index (χ0n) is 20.6. The molecule has 1 aliphatic carbocycles. The summed E-state index contributed by atoms with van der Waals surface area (Å²) in [6.07, 6.45) is 1.08. The monoisotopic (exact) mass is 519 g/mol. The summed E-state index contributed by atoms with van der Waals surface area (Å²) in [5, 5.41) is 7.42. The second kappa shape index (κ2) is 10.2. The molecule has 0 amide bonds. The number of para-hydroxylation sites is 3. The van der Waals surface area contributed by atoms with Crippen LogP contribution < -0.4 is 15.5 Å². The molecule has 4 aromatic carbocycles. The van der Waals surface area contributed by atoms with E-state index >= 15 is 0 Å². The van der Waals surface area contributed by atoms with Gasteiger partial charge in [-0.05, 0) is 72.1 Å². The van der Waals surface area contributed by atoms with Gasteiger partial charge in [-0.3, -0.25) is 4.79 Å². The van der Waals surface area contributed by atoms with Gasteiger partial charge in [0.05, 0.1) is 17.4 Å². The molecule has 2 atom stereocenters.